The molecule has 2 aromatic rings. The summed E-state index contributed by atoms with van der Waals surface area (Å²) in [7, 11) is 0. The van der Waals surface area contributed by atoms with E-state index in [0.29, 0.717) is 6.42 Å². The number of nitrogens with one attached hydrogen (secondary N) is 1. The third-order valence-corrected chi connectivity index (χ3v) is 4.69. The summed E-state index contributed by atoms with van der Waals surface area (Å²) in [6.07, 6.45) is 3.82. The lowest BCUT2D eigenvalue weighted by molar-refractivity contribution is -0.137. The maximum atomic E-state index is 12.2. The van der Waals surface area contributed by atoms with Crippen LogP contribution in [-0.2, 0) is 16.0 Å². The number of hydrogen-bond acceptors (Lipinski definition) is 3. The van der Waals surface area contributed by atoms with E-state index in [1.807, 2.05) is 60.9 Å². The molecule has 1 amide bonds. The Morgan fingerprint density at radius 1 is 1.08 bits per heavy atom. The molecule has 4 nitrogen and oxygen atoms in total. The molecule has 0 spiro atoms. The van der Waals surface area contributed by atoms with Gasteiger partial charge in [-0.3, -0.25) is 9.59 Å². The monoisotopic (exact) mass is 357 g/mol. The standard InChI is InChI=1S/C20H23NO3S/c1-25-17-12-10-16(11-13-17)18(14-20(23)24)21-19(22)9-5-8-15-6-3-2-4-7-15/h2-4,6-7,10-13,18H,5,8-9,14H2,1H3,(H,21,22)(H,23,24). The molecule has 0 aromatic heterocycles. The Morgan fingerprint density at radius 2 is 1.76 bits per heavy atom. The van der Waals surface area contributed by atoms with E-state index in [4.69, 9.17) is 5.11 Å². The molecule has 2 N–H and O–H groups in total. The molecule has 0 aliphatic heterocycles. The van der Waals surface area contributed by atoms with Gasteiger partial charge in [-0.15, -0.1) is 11.8 Å². The van der Waals surface area contributed by atoms with Gasteiger partial charge in [0.1, 0.15) is 0 Å². The van der Waals surface area contributed by atoms with E-state index in [0.717, 1.165) is 23.3 Å². The first-order chi connectivity index (χ1) is 12.1. The van der Waals surface area contributed by atoms with Crippen LogP contribution in [0.5, 0.6) is 0 Å². The molecule has 0 saturated carbocycles. The normalized spacial score (nSPS) is 11.7. The van der Waals surface area contributed by atoms with Gasteiger partial charge in [0.15, 0.2) is 0 Å². The molecule has 132 valence electrons. The lowest BCUT2D eigenvalue weighted by Crippen LogP contribution is -2.30. The molecule has 0 saturated heterocycles. The van der Waals surface area contributed by atoms with Crippen LogP contribution in [0.2, 0.25) is 0 Å². The number of benzene rings is 2. The van der Waals surface area contributed by atoms with Crippen molar-refractivity contribution in [3.05, 3.63) is 65.7 Å². The Balaban J connectivity index is 1.91. The SMILES string of the molecule is CSc1ccc(C(CC(=O)O)NC(=O)CCCc2ccccc2)cc1. The summed E-state index contributed by atoms with van der Waals surface area (Å²) in [5.74, 6) is -1.04. The molecule has 0 bridgehead atoms. The van der Waals surface area contributed by atoms with E-state index in [2.05, 4.69) is 5.32 Å². The molecule has 25 heavy (non-hydrogen) atoms. The number of hydrogen-bond donors (Lipinski definition) is 2. The van der Waals surface area contributed by atoms with E-state index in [1.54, 1.807) is 11.8 Å². The number of aliphatic carboxylic acids is 1. The Bertz CT molecular complexity index is 686. The van der Waals surface area contributed by atoms with Gasteiger partial charge in [0.25, 0.3) is 0 Å². The predicted molar refractivity (Wildman–Crippen MR) is 101 cm³/mol. The number of aryl methyl sites for hydroxylation is 1. The first kappa shape index (κ1) is 19.1. The van der Waals surface area contributed by atoms with E-state index in [-0.39, 0.29) is 12.3 Å². The van der Waals surface area contributed by atoms with Crippen molar-refractivity contribution in [1.29, 1.82) is 0 Å². The number of carbonyl (C=O) groups excluding carboxylic acids is 1. The van der Waals surface area contributed by atoms with Crippen LogP contribution in [0.15, 0.2) is 59.5 Å². The molecule has 0 fully saturated rings. The highest BCUT2D eigenvalue weighted by Gasteiger charge is 2.18. The smallest absolute Gasteiger partial charge is 0.305 e. The summed E-state index contributed by atoms with van der Waals surface area (Å²) in [6, 6.07) is 17.1. The van der Waals surface area contributed by atoms with Crippen LogP contribution in [-0.4, -0.2) is 23.2 Å². The Hall–Kier alpha value is -2.27. The number of carbonyl (C=O) groups is 2. The summed E-state index contributed by atoms with van der Waals surface area (Å²) in [4.78, 5) is 24.4. The third kappa shape index (κ3) is 6.63. The highest BCUT2D eigenvalue weighted by atomic mass is 32.2. The molecule has 0 heterocycles. The molecular weight excluding hydrogens is 334 g/mol. The highest BCUT2D eigenvalue weighted by Crippen LogP contribution is 2.21. The van der Waals surface area contributed by atoms with Crippen molar-refractivity contribution in [1.82, 2.24) is 5.32 Å². The lowest BCUT2D eigenvalue weighted by atomic mass is 10.0. The minimum Gasteiger partial charge on any atom is -0.481 e. The molecule has 2 aromatic carbocycles. The van der Waals surface area contributed by atoms with Gasteiger partial charge < -0.3 is 10.4 Å². The minimum atomic E-state index is -0.927. The zero-order valence-electron chi connectivity index (χ0n) is 14.3. The molecular formula is C20H23NO3S. The first-order valence-corrected chi connectivity index (χ1v) is 9.50. The van der Waals surface area contributed by atoms with E-state index in [1.165, 1.54) is 5.56 Å². The number of rotatable bonds is 9. The summed E-state index contributed by atoms with van der Waals surface area (Å²) in [5.41, 5.74) is 2.02. The number of carboxylic acid groups (broad SMARTS) is 1. The van der Waals surface area contributed by atoms with Crippen LogP contribution in [0.1, 0.15) is 36.4 Å². The second-order valence-corrected chi connectivity index (χ2v) is 6.71. The fourth-order valence-corrected chi connectivity index (χ4v) is 3.04. The third-order valence-electron chi connectivity index (χ3n) is 3.94. The number of thioether (sulfide) groups is 1. The Morgan fingerprint density at radius 3 is 2.36 bits per heavy atom. The molecule has 0 radical (unpaired) electrons. The van der Waals surface area contributed by atoms with Crippen LogP contribution < -0.4 is 5.32 Å². The fourth-order valence-electron chi connectivity index (χ4n) is 2.63. The number of amides is 1. The second-order valence-electron chi connectivity index (χ2n) is 5.83. The van der Waals surface area contributed by atoms with Gasteiger partial charge in [-0.2, -0.15) is 0 Å². The zero-order valence-corrected chi connectivity index (χ0v) is 15.1. The van der Waals surface area contributed by atoms with Gasteiger partial charge in [0.05, 0.1) is 12.5 Å². The summed E-state index contributed by atoms with van der Waals surface area (Å²) in [5, 5.41) is 12.0. The van der Waals surface area contributed by atoms with Crippen molar-refractivity contribution in [2.24, 2.45) is 0 Å². The summed E-state index contributed by atoms with van der Waals surface area (Å²) in [6.45, 7) is 0. The average molecular weight is 357 g/mol. The van der Waals surface area contributed by atoms with Crippen molar-refractivity contribution in [2.45, 2.75) is 36.6 Å². The van der Waals surface area contributed by atoms with Gasteiger partial charge in [0.2, 0.25) is 5.91 Å². The van der Waals surface area contributed by atoms with Gasteiger partial charge in [-0.25, -0.2) is 0 Å². The molecule has 2 rings (SSSR count). The van der Waals surface area contributed by atoms with Crippen molar-refractivity contribution in [3.63, 3.8) is 0 Å². The maximum absolute atomic E-state index is 12.2. The Kier molecular flexibility index (Phi) is 7.54. The second kappa shape index (κ2) is 9.89. The molecule has 1 atom stereocenters. The van der Waals surface area contributed by atoms with Gasteiger partial charge in [-0.1, -0.05) is 42.5 Å². The van der Waals surface area contributed by atoms with Crippen molar-refractivity contribution >= 4 is 23.6 Å². The average Bonchev–Trinajstić information content (AvgIpc) is 2.62. The minimum absolute atomic E-state index is 0.115. The molecule has 5 heteroatoms. The molecule has 0 aliphatic carbocycles. The first-order valence-electron chi connectivity index (χ1n) is 8.27. The van der Waals surface area contributed by atoms with Crippen molar-refractivity contribution < 1.29 is 14.7 Å². The fraction of sp³-hybridized carbons (Fsp3) is 0.300. The largest absolute Gasteiger partial charge is 0.481 e. The van der Waals surface area contributed by atoms with Gasteiger partial charge >= 0.3 is 5.97 Å². The molecule has 0 aliphatic rings. The van der Waals surface area contributed by atoms with E-state index in [9.17, 15) is 9.59 Å². The van der Waals surface area contributed by atoms with Crippen molar-refractivity contribution in [2.75, 3.05) is 6.26 Å². The van der Waals surface area contributed by atoms with Gasteiger partial charge in [-0.05, 0) is 42.4 Å². The van der Waals surface area contributed by atoms with E-state index >= 15 is 0 Å². The lowest BCUT2D eigenvalue weighted by Gasteiger charge is -2.18. The van der Waals surface area contributed by atoms with Crippen LogP contribution in [0.4, 0.5) is 0 Å². The van der Waals surface area contributed by atoms with Crippen LogP contribution in [0.3, 0.4) is 0 Å². The summed E-state index contributed by atoms with van der Waals surface area (Å²) >= 11 is 1.62. The Labute approximate surface area is 152 Å². The highest BCUT2D eigenvalue weighted by molar-refractivity contribution is 7.98. The van der Waals surface area contributed by atoms with Crippen molar-refractivity contribution in [3.8, 4) is 0 Å². The quantitative estimate of drug-likeness (QED) is 0.664. The maximum Gasteiger partial charge on any atom is 0.305 e. The van der Waals surface area contributed by atoms with E-state index < -0.39 is 12.0 Å². The predicted octanol–water partition coefficient (Wildman–Crippen LogP) is 4.06. The zero-order chi connectivity index (χ0) is 18.1. The summed E-state index contributed by atoms with van der Waals surface area (Å²) < 4.78 is 0. The van der Waals surface area contributed by atoms with Crippen LogP contribution in [0, 0.1) is 0 Å². The van der Waals surface area contributed by atoms with Crippen LogP contribution >= 0.6 is 11.8 Å². The van der Waals surface area contributed by atoms with Crippen LogP contribution in [0.25, 0.3) is 0 Å². The number of carboxylic acids is 1. The molecule has 1 unspecified atom stereocenters. The van der Waals surface area contributed by atoms with Gasteiger partial charge in [0, 0.05) is 11.3 Å². The topological polar surface area (TPSA) is 66.4 Å².